The summed E-state index contributed by atoms with van der Waals surface area (Å²) in [5.41, 5.74) is 6.81. The van der Waals surface area contributed by atoms with Gasteiger partial charge in [-0.15, -0.1) is 0 Å². The van der Waals surface area contributed by atoms with Crippen LogP contribution in [0.15, 0.2) is 18.6 Å². The van der Waals surface area contributed by atoms with E-state index in [1.54, 1.807) is 12.4 Å². The highest BCUT2D eigenvalue weighted by Crippen LogP contribution is 2.24. The largest absolute Gasteiger partial charge is 0.330 e. The molecule has 0 bridgehead atoms. The van der Waals surface area contributed by atoms with E-state index in [9.17, 15) is 0 Å². The predicted molar refractivity (Wildman–Crippen MR) is 63.8 cm³/mol. The van der Waals surface area contributed by atoms with Gasteiger partial charge in [0.05, 0.1) is 11.7 Å². The van der Waals surface area contributed by atoms with E-state index in [1.807, 2.05) is 6.20 Å². The predicted octanol–water partition coefficient (Wildman–Crippen LogP) is 1.21. The summed E-state index contributed by atoms with van der Waals surface area (Å²) in [5.74, 6) is 0.646. The molecule has 0 spiro atoms. The maximum Gasteiger partial charge on any atom is 0.0755 e. The van der Waals surface area contributed by atoms with Gasteiger partial charge in [0.15, 0.2) is 0 Å². The third-order valence-electron chi connectivity index (χ3n) is 3.44. The number of nitrogens with zero attached hydrogens (tertiary/aromatic N) is 3. The van der Waals surface area contributed by atoms with Crippen LogP contribution in [0.5, 0.6) is 0 Å². The zero-order valence-corrected chi connectivity index (χ0v) is 9.84. The van der Waals surface area contributed by atoms with Crippen LogP contribution in [-0.2, 0) is 0 Å². The van der Waals surface area contributed by atoms with Crippen molar-refractivity contribution in [1.29, 1.82) is 0 Å². The molecular weight excluding hydrogens is 200 g/mol. The lowest BCUT2D eigenvalue weighted by Gasteiger charge is -2.36. The first-order chi connectivity index (χ1) is 7.81. The van der Waals surface area contributed by atoms with Crippen LogP contribution in [0, 0.1) is 5.92 Å². The lowest BCUT2D eigenvalue weighted by atomic mass is 9.96. The Morgan fingerprint density at radius 3 is 3.12 bits per heavy atom. The molecule has 2 unspecified atom stereocenters. The molecule has 2 N–H and O–H groups in total. The summed E-state index contributed by atoms with van der Waals surface area (Å²) in [6.45, 7) is 5.23. The van der Waals surface area contributed by atoms with E-state index in [2.05, 4.69) is 21.8 Å². The first-order valence-electron chi connectivity index (χ1n) is 6.01. The van der Waals surface area contributed by atoms with Gasteiger partial charge in [-0.05, 0) is 38.8 Å². The topological polar surface area (TPSA) is 55.0 Å². The second-order valence-electron chi connectivity index (χ2n) is 4.55. The molecule has 0 aliphatic carbocycles. The summed E-state index contributed by atoms with van der Waals surface area (Å²) in [6, 6.07) is 0.350. The van der Waals surface area contributed by atoms with Gasteiger partial charge in [-0.25, -0.2) is 0 Å². The number of aromatic nitrogens is 2. The molecule has 16 heavy (non-hydrogen) atoms. The third-order valence-corrected chi connectivity index (χ3v) is 3.44. The Kier molecular flexibility index (Phi) is 3.85. The summed E-state index contributed by atoms with van der Waals surface area (Å²) in [7, 11) is 0. The van der Waals surface area contributed by atoms with Gasteiger partial charge in [-0.2, -0.15) is 0 Å². The molecule has 1 aromatic heterocycles. The van der Waals surface area contributed by atoms with E-state index in [0.717, 1.165) is 25.3 Å². The van der Waals surface area contributed by atoms with E-state index in [0.29, 0.717) is 12.0 Å². The highest BCUT2D eigenvalue weighted by atomic mass is 15.2. The molecule has 1 aliphatic rings. The minimum atomic E-state index is 0.350. The lowest BCUT2D eigenvalue weighted by molar-refractivity contribution is 0.132. The molecule has 0 aromatic carbocycles. The number of hydrogen-bond donors (Lipinski definition) is 1. The molecule has 4 nitrogen and oxygen atoms in total. The third kappa shape index (κ3) is 2.57. The van der Waals surface area contributed by atoms with Crippen LogP contribution in [0.25, 0.3) is 0 Å². The summed E-state index contributed by atoms with van der Waals surface area (Å²) < 4.78 is 0. The van der Waals surface area contributed by atoms with Crippen LogP contribution < -0.4 is 5.73 Å². The van der Waals surface area contributed by atoms with Crippen LogP contribution in [-0.4, -0.2) is 34.5 Å². The smallest absolute Gasteiger partial charge is 0.0755 e. The maximum atomic E-state index is 5.75. The normalized spacial score (nSPS) is 24.2. The van der Waals surface area contributed by atoms with Crippen molar-refractivity contribution in [2.24, 2.45) is 11.7 Å². The Hall–Kier alpha value is -1.00. The average molecular weight is 220 g/mol. The fourth-order valence-corrected chi connectivity index (χ4v) is 2.35. The number of nitrogens with two attached hydrogens (primary N) is 1. The van der Waals surface area contributed by atoms with Crippen molar-refractivity contribution in [3.05, 3.63) is 24.3 Å². The molecule has 1 aliphatic heterocycles. The molecule has 88 valence electrons. The van der Waals surface area contributed by atoms with Crippen LogP contribution in [0.3, 0.4) is 0 Å². The first-order valence-corrected chi connectivity index (χ1v) is 6.01. The highest BCUT2D eigenvalue weighted by Gasteiger charge is 2.24. The molecule has 2 rings (SSSR count). The van der Waals surface area contributed by atoms with Crippen molar-refractivity contribution in [3.8, 4) is 0 Å². The van der Waals surface area contributed by atoms with Gasteiger partial charge in [-0.3, -0.25) is 14.9 Å². The van der Waals surface area contributed by atoms with Gasteiger partial charge in [0.2, 0.25) is 0 Å². The van der Waals surface area contributed by atoms with E-state index in [-0.39, 0.29) is 0 Å². The molecule has 0 radical (unpaired) electrons. The monoisotopic (exact) mass is 220 g/mol. The minimum absolute atomic E-state index is 0.350. The number of rotatable bonds is 3. The van der Waals surface area contributed by atoms with Gasteiger partial charge in [-0.1, -0.05) is 0 Å². The van der Waals surface area contributed by atoms with Crippen molar-refractivity contribution in [1.82, 2.24) is 14.9 Å². The molecule has 2 atom stereocenters. The molecule has 1 fully saturated rings. The SMILES string of the molecule is CC(c1cnccn1)N1CCCC(CN)C1. The van der Waals surface area contributed by atoms with Crippen LogP contribution in [0.1, 0.15) is 31.5 Å². The number of likely N-dealkylation sites (tertiary alicyclic amines) is 1. The molecular formula is C12H20N4. The standard InChI is InChI=1S/C12H20N4/c1-10(12-8-14-4-5-15-12)16-6-2-3-11(7-13)9-16/h4-5,8,10-11H,2-3,6-7,9,13H2,1H3. The zero-order chi connectivity index (χ0) is 11.4. The second-order valence-corrected chi connectivity index (χ2v) is 4.55. The van der Waals surface area contributed by atoms with Crippen LogP contribution >= 0.6 is 0 Å². The molecule has 2 heterocycles. The van der Waals surface area contributed by atoms with Crippen molar-refractivity contribution in [3.63, 3.8) is 0 Å². The van der Waals surface area contributed by atoms with Gasteiger partial charge in [0.25, 0.3) is 0 Å². The van der Waals surface area contributed by atoms with E-state index in [1.165, 1.54) is 12.8 Å². The second kappa shape index (κ2) is 5.37. The van der Waals surface area contributed by atoms with Crippen molar-refractivity contribution in [2.75, 3.05) is 19.6 Å². The van der Waals surface area contributed by atoms with Crippen molar-refractivity contribution >= 4 is 0 Å². The lowest BCUT2D eigenvalue weighted by Crippen LogP contribution is -2.40. The van der Waals surface area contributed by atoms with Crippen LogP contribution in [0.4, 0.5) is 0 Å². The first kappa shape index (κ1) is 11.5. The van der Waals surface area contributed by atoms with Gasteiger partial charge in [0.1, 0.15) is 0 Å². The minimum Gasteiger partial charge on any atom is -0.330 e. The Balaban J connectivity index is 2.01. The highest BCUT2D eigenvalue weighted by molar-refractivity contribution is 5.01. The molecule has 4 heteroatoms. The van der Waals surface area contributed by atoms with Gasteiger partial charge < -0.3 is 5.73 Å². The van der Waals surface area contributed by atoms with E-state index < -0.39 is 0 Å². The van der Waals surface area contributed by atoms with E-state index in [4.69, 9.17) is 5.73 Å². The number of piperidine rings is 1. The zero-order valence-electron chi connectivity index (χ0n) is 9.84. The quantitative estimate of drug-likeness (QED) is 0.832. The Labute approximate surface area is 96.9 Å². The van der Waals surface area contributed by atoms with Crippen LogP contribution in [0.2, 0.25) is 0 Å². The summed E-state index contributed by atoms with van der Waals surface area (Å²) in [6.07, 6.45) is 7.84. The summed E-state index contributed by atoms with van der Waals surface area (Å²) in [4.78, 5) is 11.0. The molecule has 1 saturated heterocycles. The van der Waals surface area contributed by atoms with Crippen molar-refractivity contribution in [2.45, 2.75) is 25.8 Å². The molecule has 0 saturated carbocycles. The molecule has 0 amide bonds. The summed E-state index contributed by atoms with van der Waals surface area (Å²) in [5, 5.41) is 0. The molecule has 1 aromatic rings. The maximum absolute atomic E-state index is 5.75. The Morgan fingerprint density at radius 1 is 1.56 bits per heavy atom. The Morgan fingerprint density at radius 2 is 2.44 bits per heavy atom. The van der Waals surface area contributed by atoms with Crippen molar-refractivity contribution < 1.29 is 0 Å². The summed E-state index contributed by atoms with van der Waals surface area (Å²) >= 11 is 0. The number of hydrogen-bond acceptors (Lipinski definition) is 4. The average Bonchev–Trinajstić information content (AvgIpc) is 2.39. The Bertz CT molecular complexity index is 314. The van der Waals surface area contributed by atoms with Gasteiger partial charge in [0, 0.05) is 25.1 Å². The van der Waals surface area contributed by atoms with E-state index >= 15 is 0 Å². The van der Waals surface area contributed by atoms with Gasteiger partial charge >= 0.3 is 0 Å². The fourth-order valence-electron chi connectivity index (χ4n) is 2.35. The fraction of sp³-hybridized carbons (Fsp3) is 0.667.